The highest BCUT2D eigenvalue weighted by Crippen LogP contribution is 2.31. The quantitative estimate of drug-likeness (QED) is 0.902. The van der Waals surface area contributed by atoms with Gasteiger partial charge in [-0.2, -0.15) is 0 Å². The van der Waals surface area contributed by atoms with Crippen molar-refractivity contribution >= 4 is 17.6 Å². The first kappa shape index (κ1) is 14.4. The molecule has 0 aromatic heterocycles. The van der Waals surface area contributed by atoms with Gasteiger partial charge in [-0.1, -0.05) is 23.7 Å². The summed E-state index contributed by atoms with van der Waals surface area (Å²) in [6.07, 6.45) is 0.0751. The number of benzene rings is 2. The monoisotopic (exact) mass is 290 g/mol. The van der Waals surface area contributed by atoms with Crippen LogP contribution in [0.5, 0.6) is 5.75 Å². The minimum Gasteiger partial charge on any atom is -0.491 e. The Morgan fingerprint density at radius 3 is 2.60 bits per heavy atom. The maximum absolute atomic E-state index is 11.0. The number of carboxylic acid groups (broad SMARTS) is 1. The zero-order valence-electron chi connectivity index (χ0n) is 11.3. The summed E-state index contributed by atoms with van der Waals surface area (Å²) in [5, 5.41) is 9.56. The van der Waals surface area contributed by atoms with Gasteiger partial charge in [-0.3, -0.25) is 0 Å². The van der Waals surface area contributed by atoms with Gasteiger partial charge in [0.05, 0.1) is 11.7 Å². The van der Waals surface area contributed by atoms with E-state index < -0.39 is 5.97 Å². The summed E-state index contributed by atoms with van der Waals surface area (Å²) in [7, 11) is 0. The molecule has 0 saturated heterocycles. The van der Waals surface area contributed by atoms with E-state index in [0.717, 1.165) is 11.3 Å². The zero-order chi connectivity index (χ0) is 14.7. The number of carboxylic acids is 1. The highest BCUT2D eigenvalue weighted by atomic mass is 35.5. The molecule has 0 aliphatic heterocycles. The van der Waals surface area contributed by atoms with Crippen molar-refractivity contribution in [3.8, 4) is 16.9 Å². The fraction of sp³-hybridized carbons (Fsp3) is 0.188. The summed E-state index contributed by atoms with van der Waals surface area (Å²) in [4.78, 5) is 11.0. The molecule has 0 spiro atoms. The third-order valence-corrected chi connectivity index (χ3v) is 3.06. The van der Waals surface area contributed by atoms with Crippen molar-refractivity contribution in [2.24, 2.45) is 0 Å². The van der Waals surface area contributed by atoms with Crippen molar-refractivity contribution in [1.82, 2.24) is 0 Å². The molecule has 2 aromatic rings. The van der Waals surface area contributed by atoms with Crippen molar-refractivity contribution in [2.75, 3.05) is 0 Å². The molecule has 0 saturated carbocycles. The predicted octanol–water partition coefficient (Wildman–Crippen LogP) is 4.49. The molecular weight excluding hydrogens is 276 g/mol. The first-order valence-corrected chi connectivity index (χ1v) is 6.65. The second kappa shape index (κ2) is 5.97. The maximum atomic E-state index is 11.0. The SMILES string of the molecule is CC(C)Oc1cccc(-c2cc(C(=O)O)ccc2Cl)c1. The van der Waals surface area contributed by atoms with Crippen LogP contribution >= 0.6 is 11.6 Å². The molecule has 2 rings (SSSR count). The highest BCUT2D eigenvalue weighted by Gasteiger charge is 2.10. The lowest BCUT2D eigenvalue weighted by Crippen LogP contribution is -2.05. The first-order valence-electron chi connectivity index (χ1n) is 6.27. The number of hydrogen-bond acceptors (Lipinski definition) is 2. The zero-order valence-corrected chi connectivity index (χ0v) is 12.0. The Balaban J connectivity index is 2.45. The van der Waals surface area contributed by atoms with E-state index in [1.165, 1.54) is 6.07 Å². The molecule has 0 heterocycles. The number of rotatable bonds is 4. The standard InChI is InChI=1S/C16H15ClO3/c1-10(2)20-13-5-3-4-11(8-13)14-9-12(16(18)19)6-7-15(14)17/h3-10H,1-2H3,(H,18,19). The predicted molar refractivity (Wildman–Crippen MR) is 79.6 cm³/mol. The van der Waals surface area contributed by atoms with Gasteiger partial charge in [0.25, 0.3) is 0 Å². The second-order valence-corrected chi connectivity index (χ2v) is 5.10. The number of hydrogen-bond donors (Lipinski definition) is 1. The second-order valence-electron chi connectivity index (χ2n) is 4.69. The van der Waals surface area contributed by atoms with Crippen molar-refractivity contribution in [2.45, 2.75) is 20.0 Å². The topological polar surface area (TPSA) is 46.5 Å². The molecule has 0 unspecified atom stereocenters. The number of ether oxygens (including phenoxy) is 1. The van der Waals surface area contributed by atoms with Gasteiger partial charge in [-0.15, -0.1) is 0 Å². The largest absolute Gasteiger partial charge is 0.491 e. The number of halogens is 1. The molecule has 1 N–H and O–H groups in total. The molecular formula is C16H15ClO3. The van der Waals surface area contributed by atoms with E-state index in [2.05, 4.69) is 0 Å². The van der Waals surface area contributed by atoms with E-state index in [9.17, 15) is 4.79 Å². The molecule has 104 valence electrons. The summed E-state index contributed by atoms with van der Waals surface area (Å²) >= 11 is 6.16. The Morgan fingerprint density at radius 1 is 1.20 bits per heavy atom. The molecule has 0 radical (unpaired) electrons. The average molecular weight is 291 g/mol. The van der Waals surface area contributed by atoms with Crippen molar-refractivity contribution in [3.63, 3.8) is 0 Å². The van der Waals surface area contributed by atoms with Gasteiger partial charge < -0.3 is 9.84 Å². The van der Waals surface area contributed by atoms with Crippen LogP contribution in [0.1, 0.15) is 24.2 Å². The smallest absolute Gasteiger partial charge is 0.335 e. The molecule has 4 heteroatoms. The fourth-order valence-electron chi connectivity index (χ4n) is 1.89. The van der Waals surface area contributed by atoms with Crippen molar-refractivity contribution in [3.05, 3.63) is 53.1 Å². The van der Waals surface area contributed by atoms with E-state index in [1.54, 1.807) is 12.1 Å². The Hall–Kier alpha value is -2.00. The molecule has 2 aromatic carbocycles. The van der Waals surface area contributed by atoms with Gasteiger partial charge in [-0.25, -0.2) is 4.79 Å². The minimum absolute atomic E-state index is 0.0751. The normalized spacial score (nSPS) is 10.6. The molecule has 0 fully saturated rings. The van der Waals surface area contributed by atoms with Crippen molar-refractivity contribution < 1.29 is 14.6 Å². The summed E-state index contributed by atoms with van der Waals surface area (Å²) in [6, 6.07) is 12.1. The van der Waals surface area contributed by atoms with Gasteiger partial charge >= 0.3 is 5.97 Å². The van der Waals surface area contributed by atoms with Crippen LogP contribution in [0.15, 0.2) is 42.5 Å². The van der Waals surface area contributed by atoms with E-state index in [0.29, 0.717) is 10.6 Å². The summed E-state index contributed by atoms with van der Waals surface area (Å²) in [5.41, 5.74) is 1.72. The van der Waals surface area contributed by atoms with Crippen LogP contribution in [0, 0.1) is 0 Å². The van der Waals surface area contributed by atoms with Crippen LogP contribution in [0.25, 0.3) is 11.1 Å². The van der Waals surface area contributed by atoms with Crippen LogP contribution in [0.2, 0.25) is 5.02 Å². The van der Waals surface area contributed by atoms with E-state index in [4.69, 9.17) is 21.4 Å². The van der Waals surface area contributed by atoms with Gasteiger partial charge in [0.2, 0.25) is 0 Å². The molecule has 0 atom stereocenters. The van der Waals surface area contributed by atoms with Crippen LogP contribution in [0.3, 0.4) is 0 Å². The van der Waals surface area contributed by atoms with E-state index >= 15 is 0 Å². The number of aromatic carboxylic acids is 1. The third-order valence-electron chi connectivity index (χ3n) is 2.73. The Kier molecular flexibility index (Phi) is 4.30. The van der Waals surface area contributed by atoms with E-state index in [1.807, 2.05) is 38.1 Å². The lowest BCUT2D eigenvalue weighted by atomic mass is 10.0. The van der Waals surface area contributed by atoms with E-state index in [-0.39, 0.29) is 11.7 Å². The molecule has 20 heavy (non-hydrogen) atoms. The van der Waals surface area contributed by atoms with Gasteiger partial charge in [0.1, 0.15) is 5.75 Å². The third kappa shape index (κ3) is 3.31. The maximum Gasteiger partial charge on any atom is 0.335 e. The van der Waals surface area contributed by atoms with Crippen LogP contribution in [-0.2, 0) is 0 Å². The Morgan fingerprint density at radius 2 is 1.95 bits per heavy atom. The Labute approximate surface area is 122 Å². The van der Waals surface area contributed by atoms with Crippen LogP contribution < -0.4 is 4.74 Å². The molecule has 0 aliphatic rings. The molecule has 0 amide bonds. The summed E-state index contributed by atoms with van der Waals surface area (Å²) in [6.45, 7) is 3.90. The minimum atomic E-state index is -0.975. The van der Waals surface area contributed by atoms with Gasteiger partial charge in [0, 0.05) is 10.6 Å². The summed E-state index contributed by atoms with van der Waals surface area (Å²) in [5.74, 6) is -0.244. The van der Waals surface area contributed by atoms with Crippen LogP contribution in [0.4, 0.5) is 0 Å². The first-order chi connectivity index (χ1) is 9.47. The van der Waals surface area contributed by atoms with Gasteiger partial charge in [0.15, 0.2) is 0 Å². The van der Waals surface area contributed by atoms with Crippen LogP contribution in [-0.4, -0.2) is 17.2 Å². The molecule has 0 aliphatic carbocycles. The van der Waals surface area contributed by atoms with Gasteiger partial charge in [-0.05, 0) is 49.7 Å². The fourth-order valence-corrected chi connectivity index (χ4v) is 2.12. The number of carbonyl (C=O) groups is 1. The Bertz CT molecular complexity index is 635. The lowest BCUT2D eigenvalue weighted by molar-refractivity contribution is 0.0697. The van der Waals surface area contributed by atoms with Crippen molar-refractivity contribution in [1.29, 1.82) is 0 Å². The molecule has 0 bridgehead atoms. The lowest BCUT2D eigenvalue weighted by Gasteiger charge is -2.12. The average Bonchev–Trinajstić information content (AvgIpc) is 2.38. The molecule has 3 nitrogen and oxygen atoms in total. The summed E-state index contributed by atoms with van der Waals surface area (Å²) < 4.78 is 5.63. The highest BCUT2D eigenvalue weighted by molar-refractivity contribution is 6.33.